The molecule has 9 heavy (non-hydrogen) atoms. The van der Waals surface area contributed by atoms with Gasteiger partial charge in [0.25, 0.3) is 0 Å². The Balaban J connectivity index is 2.65. The van der Waals surface area contributed by atoms with Crippen molar-refractivity contribution < 1.29 is 0 Å². The van der Waals surface area contributed by atoms with Crippen LogP contribution in [-0.4, -0.2) is 14.8 Å². The third-order valence-electron chi connectivity index (χ3n) is 1.48. The monoisotopic (exact) mass is 125 g/mol. The first-order valence-electron chi connectivity index (χ1n) is 3.18. The van der Waals surface area contributed by atoms with Gasteiger partial charge in [-0.15, -0.1) is 0 Å². The Morgan fingerprint density at radius 2 is 2.44 bits per heavy atom. The van der Waals surface area contributed by atoms with Crippen LogP contribution in [-0.2, 0) is 0 Å². The van der Waals surface area contributed by atoms with E-state index >= 15 is 0 Å². The molecule has 0 aromatic carbocycles. The predicted molar refractivity (Wildman–Crippen MR) is 35.0 cm³/mol. The molecular weight excluding hydrogens is 114 g/mol. The molecule has 0 saturated heterocycles. The zero-order chi connectivity index (χ0) is 6.69. The molecular formula is C6H11N3. The molecule has 50 valence electrons. The Kier molecular flexibility index (Phi) is 1.82. The van der Waals surface area contributed by atoms with Crippen molar-refractivity contribution in [3.05, 3.63) is 12.7 Å². The minimum atomic E-state index is 0.479. The minimum Gasteiger partial charge on any atom is -0.250 e. The smallest absolute Gasteiger partial charge is 0.137 e. The molecule has 3 nitrogen and oxygen atoms in total. The molecule has 0 amide bonds. The van der Waals surface area contributed by atoms with Crippen molar-refractivity contribution in [3.63, 3.8) is 0 Å². The fourth-order valence-electron chi connectivity index (χ4n) is 0.632. The summed E-state index contributed by atoms with van der Waals surface area (Å²) in [5, 5.41) is 3.99. The lowest BCUT2D eigenvalue weighted by atomic mass is 10.3. The van der Waals surface area contributed by atoms with Crippen LogP contribution in [0.25, 0.3) is 0 Å². The lowest BCUT2D eigenvalue weighted by Gasteiger charge is -2.05. The summed E-state index contributed by atoms with van der Waals surface area (Å²) in [5.41, 5.74) is 0. The van der Waals surface area contributed by atoms with Gasteiger partial charge in [0, 0.05) is 0 Å². The average Bonchev–Trinajstić information content (AvgIpc) is 2.37. The topological polar surface area (TPSA) is 30.7 Å². The fraction of sp³-hybridized carbons (Fsp3) is 0.667. The fourth-order valence-corrected chi connectivity index (χ4v) is 0.632. The Morgan fingerprint density at radius 1 is 1.67 bits per heavy atom. The van der Waals surface area contributed by atoms with Crippen LogP contribution in [0, 0.1) is 0 Å². The van der Waals surface area contributed by atoms with Gasteiger partial charge in [0.2, 0.25) is 0 Å². The molecule has 0 unspecified atom stereocenters. The molecule has 0 bridgehead atoms. The summed E-state index contributed by atoms with van der Waals surface area (Å²) in [6.07, 6.45) is 4.41. The second-order valence-electron chi connectivity index (χ2n) is 2.13. The maximum Gasteiger partial charge on any atom is 0.137 e. The Labute approximate surface area is 54.7 Å². The minimum absolute atomic E-state index is 0.479. The van der Waals surface area contributed by atoms with Crippen molar-refractivity contribution in [3.8, 4) is 0 Å². The molecule has 1 heterocycles. The second kappa shape index (κ2) is 2.62. The molecule has 0 aliphatic heterocycles. The van der Waals surface area contributed by atoms with Crippen LogP contribution in [0.15, 0.2) is 12.7 Å². The maximum absolute atomic E-state index is 3.99. The molecule has 0 spiro atoms. The number of rotatable bonds is 2. The number of hydrogen-bond donors (Lipinski definition) is 0. The van der Waals surface area contributed by atoms with E-state index < -0.39 is 0 Å². The van der Waals surface area contributed by atoms with Gasteiger partial charge >= 0.3 is 0 Å². The summed E-state index contributed by atoms with van der Waals surface area (Å²) in [7, 11) is 0. The van der Waals surface area contributed by atoms with Gasteiger partial charge in [-0.05, 0) is 13.3 Å². The van der Waals surface area contributed by atoms with Crippen molar-refractivity contribution in [1.29, 1.82) is 0 Å². The van der Waals surface area contributed by atoms with Crippen LogP contribution < -0.4 is 0 Å². The summed E-state index contributed by atoms with van der Waals surface area (Å²) in [4.78, 5) is 3.84. The predicted octanol–water partition coefficient (Wildman–Crippen LogP) is 1.25. The van der Waals surface area contributed by atoms with Gasteiger partial charge in [-0.3, -0.25) is 4.68 Å². The summed E-state index contributed by atoms with van der Waals surface area (Å²) >= 11 is 0. The zero-order valence-corrected chi connectivity index (χ0v) is 5.78. The van der Waals surface area contributed by atoms with Crippen LogP contribution in [0.1, 0.15) is 26.3 Å². The first-order valence-corrected chi connectivity index (χ1v) is 3.18. The molecule has 0 saturated carbocycles. The highest BCUT2D eigenvalue weighted by Gasteiger charge is 1.98. The summed E-state index contributed by atoms with van der Waals surface area (Å²) < 4.78 is 1.86. The summed E-state index contributed by atoms with van der Waals surface area (Å²) in [6.45, 7) is 4.25. The third-order valence-corrected chi connectivity index (χ3v) is 1.48. The Morgan fingerprint density at radius 3 is 2.89 bits per heavy atom. The van der Waals surface area contributed by atoms with Gasteiger partial charge < -0.3 is 0 Å². The van der Waals surface area contributed by atoms with Crippen molar-refractivity contribution in [2.75, 3.05) is 0 Å². The lowest BCUT2D eigenvalue weighted by molar-refractivity contribution is 0.476. The maximum atomic E-state index is 3.99. The van der Waals surface area contributed by atoms with E-state index in [1.54, 1.807) is 12.7 Å². The largest absolute Gasteiger partial charge is 0.250 e. The molecule has 3 heteroatoms. The van der Waals surface area contributed by atoms with Gasteiger partial charge in [-0.25, -0.2) is 4.98 Å². The van der Waals surface area contributed by atoms with E-state index in [9.17, 15) is 0 Å². The van der Waals surface area contributed by atoms with E-state index in [1.165, 1.54) is 0 Å². The van der Waals surface area contributed by atoms with Crippen LogP contribution >= 0.6 is 0 Å². The lowest BCUT2D eigenvalue weighted by Crippen LogP contribution is -2.03. The number of nitrogens with zero attached hydrogens (tertiary/aromatic N) is 3. The van der Waals surface area contributed by atoms with Crippen LogP contribution in [0.5, 0.6) is 0 Å². The standard InChI is InChI=1S/C6H11N3/c1-3-6(2)9-5-7-4-8-9/h4-6H,3H2,1-2H3/t6-/m1/s1. The first kappa shape index (κ1) is 6.26. The Bertz CT molecular complexity index is 157. The van der Waals surface area contributed by atoms with Gasteiger partial charge in [0.1, 0.15) is 12.7 Å². The van der Waals surface area contributed by atoms with Crippen molar-refractivity contribution >= 4 is 0 Å². The van der Waals surface area contributed by atoms with Crippen molar-refractivity contribution in [2.45, 2.75) is 26.3 Å². The second-order valence-corrected chi connectivity index (χ2v) is 2.13. The molecule has 0 radical (unpaired) electrons. The number of hydrogen-bond acceptors (Lipinski definition) is 2. The molecule has 1 rings (SSSR count). The van der Waals surface area contributed by atoms with E-state index in [2.05, 4.69) is 23.9 Å². The number of aromatic nitrogens is 3. The molecule has 1 atom stereocenters. The van der Waals surface area contributed by atoms with Crippen LogP contribution in [0.3, 0.4) is 0 Å². The van der Waals surface area contributed by atoms with Crippen LogP contribution in [0.2, 0.25) is 0 Å². The Hall–Kier alpha value is -0.860. The van der Waals surface area contributed by atoms with E-state index in [1.807, 2.05) is 4.68 Å². The summed E-state index contributed by atoms with van der Waals surface area (Å²) in [5.74, 6) is 0. The van der Waals surface area contributed by atoms with Gasteiger partial charge in [-0.2, -0.15) is 5.10 Å². The molecule has 1 aromatic heterocycles. The molecule has 0 aliphatic rings. The SMILES string of the molecule is CC[C@@H](C)n1cncn1. The van der Waals surface area contributed by atoms with Crippen LogP contribution in [0.4, 0.5) is 0 Å². The molecule has 0 aliphatic carbocycles. The van der Waals surface area contributed by atoms with Crippen molar-refractivity contribution in [2.24, 2.45) is 0 Å². The third kappa shape index (κ3) is 1.28. The normalized spacial score (nSPS) is 13.6. The average molecular weight is 125 g/mol. The highest BCUT2D eigenvalue weighted by atomic mass is 15.3. The molecule has 0 fully saturated rings. The van der Waals surface area contributed by atoms with Gasteiger partial charge in [0.15, 0.2) is 0 Å². The van der Waals surface area contributed by atoms with Crippen molar-refractivity contribution in [1.82, 2.24) is 14.8 Å². The zero-order valence-electron chi connectivity index (χ0n) is 5.78. The van der Waals surface area contributed by atoms with E-state index in [0.29, 0.717) is 6.04 Å². The first-order chi connectivity index (χ1) is 4.34. The van der Waals surface area contributed by atoms with Gasteiger partial charge in [-0.1, -0.05) is 6.92 Å². The van der Waals surface area contributed by atoms with E-state index in [4.69, 9.17) is 0 Å². The van der Waals surface area contributed by atoms with E-state index in [-0.39, 0.29) is 0 Å². The highest BCUT2D eigenvalue weighted by Crippen LogP contribution is 2.04. The highest BCUT2D eigenvalue weighted by molar-refractivity contribution is 4.62. The van der Waals surface area contributed by atoms with E-state index in [0.717, 1.165) is 6.42 Å². The summed E-state index contributed by atoms with van der Waals surface area (Å²) in [6, 6.07) is 0.479. The quantitative estimate of drug-likeness (QED) is 0.595. The molecule has 1 aromatic rings. The van der Waals surface area contributed by atoms with Gasteiger partial charge in [0.05, 0.1) is 6.04 Å². The molecule has 0 N–H and O–H groups in total.